The molecule has 0 spiro atoms. The molecule has 0 amide bonds. The van der Waals surface area contributed by atoms with Crippen molar-refractivity contribution in [2.75, 3.05) is 19.7 Å². The smallest absolute Gasteiger partial charge is 0.0949 e. The van der Waals surface area contributed by atoms with Gasteiger partial charge in [0.05, 0.1) is 22.8 Å². The highest BCUT2D eigenvalue weighted by Gasteiger charge is 2.18. The highest BCUT2D eigenvalue weighted by Crippen LogP contribution is 2.27. The maximum atomic E-state index is 5.99. The molecule has 0 bridgehead atoms. The molecule has 2 rings (SSSR count). The Labute approximate surface area is 106 Å². The molecule has 0 radical (unpaired) electrons. The summed E-state index contributed by atoms with van der Waals surface area (Å²) in [7, 11) is 0. The molecule has 2 nitrogen and oxygen atoms in total. The Hall–Kier alpha value is -0.280. The summed E-state index contributed by atoms with van der Waals surface area (Å²) in [5.74, 6) is 0.549. The van der Waals surface area contributed by atoms with Crippen molar-refractivity contribution in [1.29, 1.82) is 0 Å². The van der Waals surface area contributed by atoms with Gasteiger partial charge in [-0.25, -0.2) is 0 Å². The van der Waals surface area contributed by atoms with E-state index < -0.39 is 0 Å². The van der Waals surface area contributed by atoms with E-state index in [1.807, 2.05) is 18.2 Å². The largest absolute Gasteiger partial charge is 0.372 e. The van der Waals surface area contributed by atoms with E-state index in [2.05, 4.69) is 12.2 Å². The Bertz CT molecular complexity index is 370. The van der Waals surface area contributed by atoms with Crippen LogP contribution in [0.25, 0.3) is 0 Å². The van der Waals surface area contributed by atoms with E-state index in [0.717, 1.165) is 25.3 Å². The molecule has 1 saturated heterocycles. The van der Waals surface area contributed by atoms with Crippen molar-refractivity contribution in [1.82, 2.24) is 5.32 Å². The van der Waals surface area contributed by atoms with E-state index in [9.17, 15) is 0 Å². The van der Waals surface area contributed by atoms with E-state index >= 15 is 0 Å². The van der Waals surface area contributed by atoms with Gasteiger partial charge in [-0.1, -0.05) is 36.2 Å². The SMILES string of the molecule is CC1CNCC(c2ccc(Cl)c(Cl)c2)OC1. The van der Waals surface area contributed by atoms with Crippen LogP contribution in [0.1, 0.15) is 18.6 Å². The minimum atomic E-state index is 0.0692. The number of nitrogens with one attached hydrogen (secondary N) is 1. The molecule has 1 fully saturated rings. The van der Waals surface area contributed by atoms with Crippen LogP contribution in [0.2, 0.25) is 10.0 Å². The van der Waals surface area contributed by atoms with Crippen LogP contribution in [0.15, 0.2) is 18.2 Å². The molecule has 1 aromatic carbocycles. The number of halogens is 2. The molecule has 1 aliphatic heterocycles. The molecule has 0 aromatic heterocycles. The molecule has 1 aliphatic rings. The quantitative estimate of drug-likeness (QED) is 0.836. The normalized spacial score (nSPS) is 26.4. The van der Waals surface area contributed by atoms with Crippen molar-refractivity contribution in [3.8, 4) is 0 Å². The third-order valence-corrected chi connectivity index (χ3v) is 3.46. The van der Waals surface area contributed by atoms with Gasteiger partial charge in [0, 0.05) is 13.1 Å². The topological polar surface area (TPSA) is 21.3 Å². The number of rotatable bonds is 1. The predicted octanol–water partition coefficient (Wildman–Crippen LogP) is 3.29. The second kappa shape index (κ2) is 5.37. The first-order valence-electron chi connectivity index (χ1n) is 5.44. The zero-order chi connectivity index (χ0) is 11.5. The van der Waals surface area contributed by atoms with Gasteiger partial charge < -0.3 is 10.1 Å². The Morgan fingerprint density at radius 2 is 2.06 bits per heavy atom. The first kappa shape index (κ1) is 12.2. The van der Waals surface area contributed by atoms with Crippen LogP contribution < -0.4 is 5.32 Å². The second-order valence-corrected chi connectivity index (χ2v) is 5.07. The van der Waals surface area contributed by atoms with Crippen molar-refractivity contribution < 1.29 is 4.74 Å². The van der Waals surface area contributed by atoms with Gasteiger partial charge in [-0.15, -0.1) is 0 Å². The molecule has 1 N–H and O–H groups in total. The minimum Gasteiger partial charge on any atom is -0.372 e. The Morgan fingerprint density at radius 3 is 2.81 bits per heavy atom. The van der Waals surface area contributed by atoms with Gasteiger partial charge in [-0.3, -0.25) is 0 Å². The van der Waals surface area contributed by atoms with Gasteiger partial charge in [-0.2, -0.15) is 0 Å². The van der Waals surface area contributed by atoms with Crippen molar-refractivity contribution >= 4 is 23.2 Å². The number of hydrogen-bond donors (Lipinski definition) is 1. The number of hydrogen-bond acceptors (Lipinski definition) is 2. The lowest BCUT2D eigenvalue weighted by Crippen LogP contribution is -2.22. The molecular formula is C12H15Cl2NO. The first-order chi connectivity index (χ1) is 7.66. The van der Waals surface area contributed by atoms with E-state index in [4.69, 9.17) is 27.9 Å². The summed E-state index contributed by atoms with van der Waals surface area (Å²) in [6, 6.07) is 5.67. The second-order valence-electron chi connectivity index (χ2n) is 4.26. The minimum absolute atomic E-state index is 0.0692. The zero-order valence-corrected chi connectivity index (χ0v) is 10.7. The van der Waals surface area contributed by atoms with E-state index in [-0.39, 0.29) is 6.10 Å². The van der Waals surface area contributed by atoms with Crippen molar-refractivity contribution in [3.63, 3.8) is 0 Å². The van der Waals surface area contributed by atoms with Crippen molar-refractivity contribution in [2.45, 2.75) is 13.0 Å². The standard InChI is InChI=1S/C12H15Cl2NO/c1-8-5-15-6-12(16-7-8)9-2-3-10(13)11(14)4-9/h2-4,8,12,15H,5-7H2,1H3. The summed E-state index contributed by atoms with van der Waals surface area (Å²) in [6.45, 7) is 4.77. The van der Waals surface area contributed by atoms with Gasteiger partial charge in [0.15, 0.2) is 0 Å². The predicted molar refractivity (Wildman–Crippen MR) is 67.2 cm³/mol. The van der Waals surface area contributed by atoms with Crippen LogP contribution >= 0.6 is 23.2 Å². The first-order valence-corrected chi connectivity index (χ1v) is 6.19. The lowest BCUT2D eigenvalue weighted by Gasteiger charge is -2.16. The molecule has 88 valence electrons. The molecule has 4 heteroatoms. The molecule has 2 atom stereocenters. The number of ether oxygens (including phenoxy) is 1. The molecule has 0 saturated carbocycles. The summed E-state index contributed by atoms with van der Waals surface area (Å²) in [5.41, 5.74) is 1.08. The molecule has 2 unspecified atom stereocenters. The van der Waals surface area contributed by atoms with E-state index in [1.54, 1.807) is 0 Å². The summed E-state index contributed by atoms with van der Waals surface area (Å²) >= 11 is 11.9. The van der Waals surface area contributed by atoms with Gasteiger partial charge in [-0.05, 0) is 23.6 Å². The summed E-state index contributed by atoms with van der Waals surface area (Å²) in [6.07, 6.45) is 0.0692. The maximum absolute atomic E-state index is 5.99. The molecular weight excluding hydrogens is 245 g/mol. The van der Waals surface area contributed by atoms with Gasteiger partial charge in [0.1, 0.15) is 0 Å². The van der Waals surface area contributed by atoms with Crippen LogP contribution in [0, 0.1) is 5.92 Å². The zero-order valence-electron chi connectivity index (χ0n) is 9.17. The Kier molecular flexibility index (Phi) is 4.09. The fourth-order valence-corrected chi connectivity index (χ4v) is 2.09. The summed E-state index contributed by atoms with van der Waals surface area (Å²) < 4.78 is 5.83. The van der Waals surface area contributed by atoms with Gasteiger partial charge in [0.2, 0.25) is 0 Å². The highest BCUT2D eigenvalue weighted by atomic mass is 35.5. The van der Waals surface area contributed by atoms with Crippen molar-refractivity contribution in [3.05, 3.63) is 33.8 Å². The van der Waals surface area contributed by atoms with Crippen LogP contribution in [0.4, 0.5) is 0 Å². The maximum Gasteiger partial charge on any atom is 0.0949 e. The van der Waals surface area contributed by atoms with E-state index in [1.165, 1.54) is 0 Å². The number of benzene rings is 1. The van der Waals surface area contributed by atoms with Crippen LogP contribution in [-0.2, 0) is 4.74 Å². The fourth-order valence-electron chi connectivity index (χ4n) is 1.79. The summed E-state index contributed by atoms with van der Waals surface area (Å²) in [5, 5.41) is 4.55. The van der Waals surface area contributed by atoms with E-state index in [0.29, 0.717) is 16.0 Å². The molecule has 1 aromatic rings. The third-order valence-electron chi connectivity index (χ3n) is 2.72. The van der Waals surface area contributed by atoms with Crippen LogP contribution in [0.5, 0.6) is 0 Å². The monoisotopic (exact) mass is 259 g/mol. The average Bonchev–Trinajstić information content (AvgIpc) is 2.47. The molecule has 0 aliphatic carbocycles. The molecule has 1 heterocycles. The van der Waals surface area contributed by atoms with Crippen molar-refractivity contribution in [2.24, 2.45) is 5.92 Å². The summed E-state index contributed by atoms with van der Waals surface area (Å²) in [4.78, 5) is 0. The Balaban J connectivity index is 2.13. The van der Waals surface area contributed by atoms with Crippen LogP contribution in [-0.4, -0.2) is 19.7 Å². The third kappa shape index (κ3) is 2.89. The molecule has 16 heavy (non-hydrogen) atoms. The Morgan fingerprint density at radius 1 is 1.25 bits per heavy atom. The average molecular weight is 260 g/mol. The fraction of sp³-hybridized carbons (Fsp3) is 0.500. The lowest BCUT2D eigenvalue weighted by atomic mass is 10.1. The van der Waals surface area contributed by atoms with Gasteiger partial charge in [0.25, 0.3) is 0 Å². The lowest BCUT2D eigenvalue weighted by molar-refractivity contribution is 0.0515. The van der Waals surface area contributed by atoms with Crippen LogP contribution in [0.3, 0.4) is 0 Å². The van der Waals surface area contributed by atoms with Gasteiger partial charge >= 0.3 is 0 Å². The highest BCUT2D eigenvalue weighted by molar-refractivity contribution is 6.42.